The lowest BCUT2D eigenvalue weighted by Gasteiger charge is -2.35. The van der Waals surface area contributed by atoms with Crippen molar-refractivity contribution in [2.45, 2.75) is 37.8 Å². The van der Waals surface area contributed by atoms with Gasteiger partial charge in [-0.15, -0.1) is 0 Å². The quantitative estimate of drug-likeness (QED) is 0.724. The van der Waals surface area contributed by atoms with E-state index in [1.54, 1.807) is 14.2 Å². The molecule has 5 heteroatoms. The number of carboxylic acids is 1. The molecular formula is C12H23NO4. The van der Waals surface area contributed by atoms with Crippen molar-refractivity contribution in [2.75, 3.05) is 33.9 Å². The van der Waals surface area contributed by atoms with E-state index >= 15 is 0 Å². The maximum absolute atomic E-state index is 10.8. The Balaban J connectivity index is 2.43. The van der Waals surface area contributed by atoms with E-state index in [4.69, 9.17) is 14.6 Å². The maximum atomic E-state index is 10.8. The Morgan fingerprint density at radius 2 is 1.94 bits per heavy atom. The van der Waals surface area contributed by atoms with Crippen LogP contribution in [0.15, 0.2) is 0 Å². The second-order valence-corrected chi connectivity index (χ2v) is 4.52. The zero-order valence-electron chi connectivity index (χ0n) is 10.7. The summed E-state index contributed by atoms with van der Waals surface area (Å²) in [6.45, 7) is 1.37. The summed E-state index contributed by atoms with van der Waals surface area (Å²) in [7, 11) is 3.38. The van der Waals surface area contributed by atoms with Crippen LogP contribution in [0.3, 0.4) is 0 Å². The van der Waals surface area contributed by atoms with Crippen LogP contribution in [0, 0.1) is 0 Å². The van der Waals surface area contributed by atoms with Gasteiger partial charge in [0.15, 0.2) is 0 Å². The molecular weight excluding hydrogens is 222 g/mol. The van der Waals surface area contributed by atoms with Crippen LogP contribution >= 0.6 is 0 Å². The van der Waals surface area contributed by atoms with Gasteiger partial charge >= 0.3 is 5.97 Å². The molecule has 1 aliphatic rings. The molecule has 0 aromatic rings. The number of rotatable bonds is 7. The van der Waals surface area contributed by atoms with Gasteiger partial charge in [0, 0.05) is 26.8 Å². The molecule has 0 aromatic heterocycles. The smallest absolute Gasteiger partial charge is 0.317 e. The standard InChI is InChI=1S/C12H23NO4/c1-16-8-7-13(9-12(14)15)10-3-5-11(17-2)6-4-10/h10-11H,3-9H2,1-2H3,(H,14,15). The predicted octanol–water partition coefficient (Wildman–Crippen LogP) is 0.977. The number of carbonyl (C=O) groups is 1. The van der Waals surface area contributed by atoms with Crippen molar-refractivity contribution in [1.29, 1.82) is 0 Å². The molecule has 17 heavy (non-hydrogen) atoms. The largest absolute Gasteiger partial charge is 0.480 e. The van der Waals surface area contributed by atoms with Crippen LogP contribution < -0.4 is 0 Å². The first kappa shape index (κ1) is 14.4. The highest BCUT2D eigenvalue weighted by Crippen LogP contribution is 2.24. The first-order valence-corrected chi connectivity index (χ1v) is 6.15. The van der Waals surface area contributed by atoms with Crippen LogP contribution in [-0.2, 0) is 14.3 Å². The lowest BCUT2D eigenvalue weighted by atomic mass is 9.92. The summed E-state index contributed by atoms with van der Waals surface area (Å²) in [5.74, 6) is -0.769. The molecule has 0 saturated heterocycles. The molecule has 1 saturated carbocycles. The molecule has 0 unspecified atom stereocenters. The van der Waals surface area contributed by atoms with E-state index in [1.807, 2.05) is 4.90 Å². The average Bonchev–Trinajstić information content (AvgIpc) is 2.34. The second-order valence-electron chi connectivity index (χ2n) is 4.52. The van der Waals surface area contributed by atoms with Gasteiger partial charge in [-0.3, -0.25) is 9.69 Å². The third kappa shape index (κ3) is 5.02. The number of ether oxygens (including phenoxy) is 2. The minimum atomic E-state index is -0.769. The van der Waals surface area contributed by atoms with Gasteiger partial charge < -0.3 is 14.6 Å². The molecule has 0 amide bonds. The number of nitrogens with zero attached hydrogens (tertiary/aromatic N) is 1. The summed E-state index contributed by atoms with van der Waals surface area (Å²) >= 11 is 0. The summed E-state index contributed by atoms with van der Waals surface area (Å²) in [4.78, 5) is 12.8. The van der Waals surface area contributed by atoms with Crippen LogP contribution in [0.25, 0.3) is 0 Å². The molecule has 100 valence electrons. The predicted molar refractivity (Wildman–Crippen MR) is 64.1 cm³/mol. The van der Waals surface area contributed by atoms with Crippen molar-refractivity contribution >= 4 is 5.97 Å². The Bertz CT molecular complexity index is 227. The van der Waals surface area contributed by atoms with Crippen molar-refractivity contribution in [1.82, 2.24) is 4.90 Å². The minimum Gasteiger partial charge on any atom is -0.480 e. The summed E-state index contributed by atoms with van der Waals surface area (Å²) in [6, 6.07) is 0.354. The zero-order chi connectivity index (χ0) is 12.7. The van der Waals surface area contributed by atoms with Gasteiger partial charge in [0.25, 0.3) is 0 Å². The van der Waals surface area contributed by atoms with Crippen LogP contribution in [0.4, 0.5) is 0 Å². The van der Waals surface area contributed by atoms with Crippen molar-refractivity contribution in [3.05, 3.63) is 0 Å². The molecule has 5 nitrogen and oxygen atoms in total. The number of methoxy groups -OCH3 is 2. The Morgan fingerprint density at radius 3 is 2.41 bits per heavy atom. The Kier molecular flexibility index (Phi) is 6.47. The molecule has 1 fully saturated rings. The van der Waals surface area contributed by atoms with E-state index in [9.17, 15) is 4.79 Å². The molecule has 0 spiro atoms. The van der Waals surface area contributed by atoms with Gasteiger partial charge in [0.05, 0.1) is 19.3 Å². The molecule has 0 aromatic carbocycles. The third-order valence-corrected chi connectivity index (χ3v) is 3.41. The van der Waals surface area contributed by atoms with Crippen molar-refractivity contribution in [3.8, 4) is 0 Å². The Labute approximate surface area is 103 Å². The van der Waals surface area contributed by atoms with E-state index in [2.05, 4.69) is 0 Å². The fraction of sp³-hybridized carbons (Fsp3) is 0.917. The monoisotopic (exact) mass is 245 g/mol. The van der Waals surface area contributed by atoms with Crippen LogP contribution in [0.2, 0.25) is 0 Å². The van der Waals surface area contributed by atoms with Gasteiger partial charge in [-0.2, -0.15) is 0 Å². The summed E-state index contributed by atoms with van der Waals surface area (Å²) in [6.07, 6.45) is 4.40. The molecule has 0 bridgehead atoms. The van der Waals surface area contributed by atoms with Gasteiger partial charge in [0.1, 0.15) is 0 Å². The molecule has 0 aliphatic heterocycles. The molecule has 0 heterocycles. The Hall–Kier alpha value is -0.650. The highest BCUT2D eigenvalue weighted by Gasteiger charge is 2.26. The molecule has 1 N–H and O–H groups in total. The number of hydrogen-bond acceptors (Lipinski definition) is 4. The van der Waals surface area contributed by atoms with Gasteiger partial charge in [-0.25, -0.2) is 0 Å². The van der Waals surface area contributed by atoms with E-state index in [-0.39, 0.29) is 6.54 Å². The second kappa shape index (κ2) is 7.63. The lowest BCUT2D eigenvalue weighted by Crippen LogP contribution is -2.43. The van der Waals surface area contributed by atoms with Crippen LogP contribution in [0.1, 0.15) is 25.7 Å². The van der Waals surface area contributed by atoms with E-state index in [1.165, 1.54) is 0 Å². The van der Waals surface area contributed by atoms with E-state index in [0.717, 1.165) is 25.7 Å². The fourth-order valence-corrected chi connectivity index (χ4v) is 2.42. The van der Waals surface area contributed by atoms with Crippen molar-refractivity contribution in [2.24, 2.45) is 0 Å². The van der Waals surface area contributed by atoms with Crippen molar-refractivity contribution in [3.63, 3.8) is 0 Å². The molecule has 1 aliphatic carbocycles. The van der Waals surface area contributed by atoms with E-state index in [0.29, 0.717) is 25.3 Å². The first-order chi connectivity index (χ1) is 8.17. The lowest BCUT2D eigenvalue weighted by molar-refractivity contribution is -0.139. The molecule has 1 rings (SSSR count). The first-order valence-electron chi connectivity index (χ1n) is 6.15. The minimum absolute atomic E-state index is 0.103. The fourth-order valence-electron chi connectivity index (χ4n) is 2.42. The third-order valence-electron chi connectivity index (χ3n) is 3.41. The topological polar surface area (TPSA) is 59.0 Å². The summed E-state index contributed by atoms with van der Waals surface area (Å²) in [5, 5.41) is 8.90. The highest BCUT2D eigenvalue weighted by atomic mass is 16.5. The van der Waals surface area contributed by atoms with Gasteiger partial charge in [-0.05, 0) is 25.7 Å². The summed E-state index contributed by atoms with van der Waals surface area (Å²) < 4.78 is 10.3. The molecule has 0 radical (unpaired) electrons. The molecule has 0 atom stereocenters. The zero-order valence-corrected chi connectivity index (χ0v) is 10.7. The average molecular weight is 245 g/mol. The van der Waals surface area contributed by atoms with Crippen molar-refractivity contribution < 1.29 is 19.4 Å². The van der Waals surface area contributed by atoms with Gasteiger partial charge in [-0.1, -0.05) is 0 Å². The maximum Gasteiger partial charge on any atom is 0.317 e. The van der Waals surface area contributed by atoms with Crippen LogP contribution in [-0.4, -0.2) is 62.0 Å². The SMILES string of the molecule is COCCN(CC(=O)O)C1CCC(OC)CC1. The van der Waals surface area contributed by atoms with Gasteiger partial charge in [0.2, 0.25) is 0 Å². The highest BCUT2D eigenvalue weighted by molar-refractivity contribution is 5.69. The normalized spacial score (nSPS) is 25.1. The van der Waals surface area contributed by atoms with E-state index < -0.39 is 5.97 Å². The summed E-state index contributed by atoms with van der Waals surface area (Å²) in [5.41, 5.74) is 0. The Morgan fingerprint density at radius 1 is 1.29 bits per heavy atom. The number of carboxylic acid groups (broad SMARTS) is 1. The number of aliphatic carboxylic acids is 1. The number of hydrogen-bond donors (Lipinski definition) is 1. The van der Waals surface area contributed by atoms with Crippen LogP contribution in [0.5, 0.6) is 0 Å².